The van der Waals surface area contributed by atoms with Gasteiger partial charge in [0.25, 0.3) is 0 Å². The van der Waals surface area contributed by atoms with Crippen LogP contribution in [-0.2, 0) is 9.53 Å². The maximum atomic E-state index is 12.1. The van der Waals surface area contributed by atoms with E-state index in [1.165, 1.54) is 0 Å². The van der Waals surface area contributed by atoms with E-state index in [0.717, 1.165) is 25.0 Å². The summed E-state index contributed by atoms with van der Waals surface area (Å²) in [5, 5.41) is 3.00. The Morgan fingerprint density at radius 1 is 1.44 bits per heavy atom. The zero-order chi connectivity index (χ0) is 12.8. The first kappa shape index (κ1) is 13.4. The number of carbonyl (C=O) groups is 1. The fourth-order valence-corrected chi connectivity index (χ4v) is 2.39. The first-order valence-corrected chi connectivity index (χ1v) is 6.83. The monoisotopic (exact) mass is 267 g/mol. The lowest BCUT2D eigenvalue weighted by Gasteiger charge is -2.24. The topological polar surface area (TPSA) is 38.3 Å². The van der Waals surface area contributed by atoms with Crippen molar-refractivity contribution in [2.45, 2.75) is 18.9 Å². The third-order valence-corrected chi connectivity index (χ3v) is 3.51. The van der Waals surface area contributed by atoms with E-state index in [4.69, 9.17) is 16.3 Å². The highest BCUT2D eigenvalue weighted by Gasteiger charge is 2.24. The van der Waals surface area contributed by atoms with Gasteiger partial charge in [0.1, 0.15) is 0 Å². The van der Waals surface area contributed by atoms with E-state index in [1.807, 2.05) is 30.3 Å². The average Bonchev–Trinajstić information content (AvgIpc) is 2.46. The molecule has 0 aliphatic carbocycles. The van der Waals surface area contributed by atoms with Gasteiger partial charge in [0.2, 0.25) is 5.91 Å². The molecule has 2 unspecified atom stereocenters. The number of carbonyl (C=O) groups excluding carboxylic acids is 1. The molecule has 98 valence electrons. The summed E-state index contributed by atoms with van der Waals surface area (Å²) in [6, 6.07) is 9.68. The molecule has 0 saturated carbocycles. The Hall–Kier alpha value is -1.06. The SMILES string of the molecule is O=C(NC(CCl)c1ccccc1)C1CCCOC1. The van der Waals surface area contributed by atoms with Crippen LogP contribution in [0.4, 0.5) is 0 Å². The molecule has 0 spiro atoms. The Bertz CT molecular complexity index is 377. The number of amides is 1. The molecule has 1 saturated heterocycles. The minimum Gasteiger partial charge on any atom is -0.381 e. The molecular weight excluding hydrogens is 250 g/mol. The third kappa shape index (κ3) is 3.47. The number of nitrogens with one attached hydrogen (secondary N) is 1. The summed E-state index contributed by atoms with van der Waals surface area (Å²) in [5.41, 5.74) is 1.04. The number of hydrogen-bond acceptors (Lipinski definition) is 2. The third-order valence-electron chi connectivity index (χ3n) is 3.20. The van der Waals surface area contributed by atoms with Crippen LogP contribution in [0, 0.1) is 5.92 Å². The summed E-state index contributed by atoms with van der Waals surface area (Å²) >= 11 is 5.94. The number of ether oxygens (including phenoxy) is 1. The largest absolute Gasteiger partial charge is 0.381 e. The number of benzene rings is 1. The molecule has 1 aliphatic rings. The normalized spacial score (nSPS) is 21.3. The van der Waals surface area contributed by atoms with Gasteiger partial charge in [0.05, 0.1) is 18.6 Å². The van der Waals surface area contributed by atoms with E-state index >= 15 is 0 Å². The average molecular weight is 268 g/mol. The van der Waals surface area contributed by atoms with Gasteiger partial charge in [0.15, 0.2) is 0 Å². The van der Waals surface area contributed by atoms with Crippen LogP contribution >= 0.6 is 11.6 Å². The van der Waals surface area contributed by atoms with Crippen LogP contribution < -0.4 is 5.32 Å². The lowest BCUT2D eigenvalue weighted by molar-refractivity contribution is -0.129. The van der Waals surface area contributed by atoms with E-state index in [-0.39, 0.29) is 17.9 Å². The van der Waals surface area contributed by atoms with Crippen molar-refractivity contribution in [3.05, 3.63) is 35.9 Å². The van der Waals surface area contributed by atoms with Crippen molar-refractivity contribution < 1.29 is 9.53 Å². The number of hydrogen-bond donors (Lipinski definition) is 1. The van der Waals surface area contributed by atoms with Gasteiger partial charge in [0, 0.05) is 12.5 Å². The molecule has 1 heterocycles. The smallest absolute Gasteiger partial charge is 0.225 e. The van der Waals surface area contributed by atoms with Gasteiger partial charge < -0.3 is 10.1 Å². The second-order valence-electron chi connectivity index (χ2n) is 4.54. The molecule has 0 aromatic heterocycles. The van der Waals surface area contributed by atoms with Crippen LogP contribution in [0.25, 0.3) is 0 Å². The number of alkyl halides is 1. The van der Waals surface area contributed by atoms with E-state index < -0.39 is 0 Å². The lowest BCUT2D eigenvalue weighted by atomic mass is 10.00. The lowest BCUT2D eigenvalue weighted by Crippen LogP contribution is -2.38. The van der Waals surface area contributed by atoms with Crippen LogP contribution in [0.3, 0.4) is 0 Å². The van der Waals surface area contributed by atoms with Crippen molar-refractivity contribution >= 4 is 17.5 Å². The number of rotatable bonds is 4. The highest BCUT2D eigenvalue weighted by Crippen LogP contribution is 2.18. The molecule has 1 aliphatic heterocycles. The van der Waals surface area contributed by atoms with E-state index in [0.29, 0.717) is 12.5 Å². The van der Waals surface area contributed by atoms with E-state index in [1.54, 1.807) is 0 Å². The fraction of sp³-hybridized carbons (Fsp3) is 0.500. The quantitative estimate of drug-likeness (QED) is 0.852. The van der Waals surface area contributed by atoms with E-state index in [9.17, 15) is 4.79 Å². The standard InChI is InChI=1S/C14H18ClNO2/c15-9-13(11-5-2-1-3-6-11)16-14(17)12-7-4-8-18-10-12/h1-3,5-6,12-13H,4,7-10H2,(H,16,17). The van der Waals surface area contributed by atoms with Crippen LogP contribution in [-0.4, -0.2) is 25.0 Å². The minimum atomic E-state index is -0.123. The Balaban J connectivity index is 1.95. The maximum absolute atomic E-state index is 12.1. The highest BCUT2D eigenvalue weighted by atomic mass is 35.5. The van der Waals surface area contributed by atoms with Crippen molar-refractivity contribution in [1.29, 1.82) is 0 Å². The molecule has 3 nitrogen and oxygen atoms in total. The first-order valence-electron chi connectivity index (χ1n) is 6.30. The molecule has 1 aromatic carbocycles. The Morgan fingerprint density at radius 2 is 2.22 bits per heavy atom. The second kappa shape index (κ2) is 6.76. The molecule has 0 bridgehead atoms. The zero-order valence-electron chi connectivity index (χ0n) is 10.3. The van der Waals surface area contributed by atoms with Crippen molar-refractivity contribution in [1.82, 2.24) is 5.32 Å². The molecular formula is C14H18ClNO2. The zero-order valence-corrected chi connectivity index (χ0v) is 11.0. The van der Waals surface area contributed by atoms with Crippen molar-refractivity contribution in [3.8, 4) is 0 Å². The van der Waals surface area contributed by atoms with Gasteiger partial charge in [-0.3, -0.25) is 4.79 Å². The molecule has 18 heavy (non-hydrogen) atoms. The van der Waals surface area contributed by atoms with Crippen LogP contribution in [0.5, 0.6) is 0 Å². The van der Waals surface area contributed by atoms with E-state index in [2.05, 4.69) is 5.32 Å². The Morgan fingerprint density at radius 3 is 2.83 bits per heavy atom. The van der Waals surface area contributed by atoms with Crippen molar-refractivity contribution in [3.63, 3.8) is 0 Å². The summed E-state index contributed by atoms with van der Waals surface area (Å²) < 4.78 is 5.33. The minimum absolute atomic E-state index is 0.0341. The number of halogens is 1. The van der Waals surface area contributed by atoms with Crippen LogP contribution in [0.1, 0.15) is 24.4 Å². The van der Waals surface area contributed by atoms with Gasteiger partial charge in [-0.25, -0.2) is 0 Å². The maximum Gasteiger partial charge on any atom is 0.225 e. The second-order valence-corrected chi connectivity index (χ2v) is 4.85. The summed E-state index contributed by atoms with van der Waals surface area (Å²) in [6.45, 7) is 1.29. The molecule has 2 rings (SSSR count). The first-order chi connectivity index (χ1) is 8.81. The molecule has 1 amide bonds. The fourth-order valence-electron chi connectivity index (χ4n) is 2.13. The molecule has 0 radical (unpaired) electrons. The van der Waals surface area contributed by atoms with Crippen molar-refractivity contribution in [2.24, 2.45) is 5.92 Å². The van der Waals surface area contributed by atoms with Gasteiger partial charge in [-0.05, 0) is 18.4 Å². The molecule has 1 fully saturated rings. The summed E-state index contributed by atoms with van der Waals surface area (Å²) in [4.78, 5) is 12.1. The van der Waals surface area contributed by atoms with Crippen molar-refractivity contribution in [2.75, 3.05) is 19.1 Å². The van der Waals surface area contributed by atoms with Gasteiger partial charge in [-0.1, -0.05) is 30.3 Å². The molecule has 4 heteroatoms. The molecule has 1 N–H and O–H groups in total. The molecule has 2 atom stereocenters. The van der Waals surface area contributed by atoms with Gasteiger partial charge in [-0.2, -0.15) is 0 Å². The predicted octanol–water partition coefficient (Wildman–Crippen LogP) is 2.51. The molecule has 1 aromatic rings. The van der Waals surface area contributed by atoms with Gasteiger partial charge >= 0.3 is 0 Å². The highest BCUT2D eigenvalue weighted by molar-refractivity contribution is 6.18. The summed E-state index contributed by atoms with van der Waals surface area (Å²) in [5.74, 6) is 0.390. The summed E-state index contributed by atoms with van der Waals surface area (Å²) in [6.07, 6.45) is 1.85. The predicted molar refractivity (Wildman–Crippen MR) is 71.6 cm³/mol. The Kier molecular flexibility index (Phi) is 5.02. The Labute approximate surface area is 112 Å². The van der Waals surface area contributed by atoms with Crippen LogP contribution in [0.2, 0.25) is 0 Å². The van der Waals surface area contributed by atoms with Gasteiger partial charge in [-0.15, -0.1) is 11.6 Å². The van der Waals surface area contributed by atoms with Crippen LogP contribution in [0.15, 0.2) is 30.3 Å². The summed E-state index contributed by atoms with van der Waals surface area (Å²) in [7, 11) is 0.